The number of hydrogen-bond donors (Lipinski definition) is 0. The largest absolute Gasteiger partial charge is 0.277 e. The molecule has 0 N–H and O–H groups in total. The maximum atomic E-state index is 12.3. The van der Waals surface area contributed by atoms with E-state index in [9.17, 15) is 9.59 Å². The van der Waals surface area contributed by atoms with Gasteiger partial charge in [-0.2, -0.15) is 0 Å². The molecule has 102 valence electrons. The summed E-state index contributed by atoms with van der Waals surface area (Å²) >= 11 is 5.71. The molecule has 2 unspecified atom stereocenters. The third-order valence-corrected chi connectivity index (χ3v) is 4.99. The molecule has 3 nitrogen and oxygen atoms in total. The van der Waals surface area contributed by atoms with Crippen LogP contribution in [0.25, 0.3) is 0 Å². The maximum Gasteiger partial charge on any atom is 0.237 e. The second kappa shape index (κ2) is 5.44. The number of carbonyl (C=O) groups is 2. The highest BCUT2D eigenvalue weighted by molar-refractivity contribution is 14.1. The van der Waals surface area contributed by atoms with Crippen molar-refractivity contribution in [3.8, 4) is 0 Å². The van der Waals surface area contributed by atoms with Gasteiger partial charge in [-0.15, -0.1) is 0 Å². The van der Waals surface area contributed by atoms with E-state index < -0.39 is 0 Å². The number of hydrogen-bond acceptors (Lipinski definition) is 2. The van der Waals surface area contributed by atoms with Crippen molar-refractivity contribution in [3.05, 3.63) is 56.1 Å². The molecule has 1 fully saturated rings. The van der Waals surface area contributed by atoms with Gasteiger partial charge in [-0.3, -0.25) is 14.5 Å². The van der Waals surface area contributed by atoms with E-state index in [1.165, 1.54) is 4.90 Å². The molecule has 2 amide bonds. The average molecular weight is 444 g/mol. The van der Waals surface area contributed by atoms with Crippen LogP contribution in [0.5, 0.6) is 0 Å². The van der Waals surface area contributed by atoms with Crippen molar-refractivity contribution in [1.82, 2.24) is 4.90 Å². The Labute approximate surface area is 139 Å². The molecule has 0 radical (unpaired) electrons. The van der Waals surface area contributed by atoms with Crippen molar-refractivity contribution in [2.24, 2.45) is 11.8 Å². The fourth-order valence-electron chi connectivity index (χ4n) is 2.52. The highest BCUT2D eigenvalue weighted by Gasteiger charge is 2.45. The van der Waals surface area contributed by atoms with Crippen LogP contribution in [0, 0.1) is 15.4 Å². The summed E-state index contributed by atoms with van der Waals surface area (Å²) in [5.41, 5.74) is 0.943. The second-order valence-corrected chi connectivity index (χ2v) is 6.92. The molecule has 1 saturated heterocycles. The van der Waals surface area contributed by atoms with Crippen LogP contribution in [-0.4, -0.2) is 16.7 Å². The Morgan fingerprint density at radius 2 is 1.70 bits per heavy atom. The standard InChI is InChI=1S/C15H11BrINO2/c16-13-7-10(17)6-5-9(13)8-18-14(19)11-3-1-2-4-12(11)15(18)20/h1-7,11-12H,8H2. The summed E-state index contributed by atoms with van der Waals surface area (Å²) in [6, 6.07) is 5.90. The van der Waals surface area contributed by atoms with E-state index >= 15 is 0 Å². The van der Waals surface area contributed by atoms with Crippen molar-refractivity contribution in [3.63, 3.8) is 0 Å². The Bertz CT molecular complexity index is 623. The van der Waals surface area contributed by atoms with E-state index in [1.807, 2.05) is 42.5 Å². The molecule has 0 saturated carbocycles. The number of rotatable bonds is 2. The molecule has 2 atom stereocenters. The topological polar surface area (TPSA) is 37.4 Å². The van der Waals surface area contributed by atoms with Gasteiger partial charge in [0.05, 0.1) is 18.4 Å². The van der Waals surface area contributed by atoms with E-state index in [1.54, 1.807) is 0 Å². The number of carbonyl (C=O) groups excluding carboxylic acids is 2. The summed E-state index contributed by atoms with van der Waals surface area (Å²) < 4.78 is 2.03. The van der Waals surface area contributed by atoms with E-state index in [0.29, 0.717) is 6.54 Å². The van der Waals surface area contributed by atoms with Crippen LogP contribution in [0.1, 0.15) is 5.56 Å². The summed E-state index contributed by atoms with van der Waals surface area (Å²) in [6.45, 7) is 0.323. The van der Waals surface area contributed by atoms with Gasteiger partial charge in [-0.1, -0.05) is 46.3 Å². The van der Waals surface area contributed by atoms with Gasteiger partial charge in [0, 0.05) is 8.04 Å². The number of likely N-dealkylation sites (tertiary alicyclic amines) is 1. The molecule has 1 aromatic carbocycles. The molecule has 1 heterocycles. The lowest BCUT2D eigenvalue weighted by Crippen LogP contribution is -2.30. The number of imide groups is 1. The Kier molecular flexibility index (Phi) is 3.81. The number of nitrogens with zero attached hydrogens (tertiary/aromatic N) is 1. The first-order chi connectivity index (χ1) is 9.58. The second-order valence-electron chi connectivity index (χ2n) is 4.82. The predicted octanol–water partition coefficient (Wildman–Crippen LogP) is 3.28. The molecule has 0 bridgehead atoms. The summed E-state index contributed by atoms with van der Waals surface area (Å²) in [5, 5.41) is 0. The quantitative estimate of drug-likeness (QED) is 0.519. The smallest absolute Gasteiger partial charge is 0.237 e. The molecule has 0 aromatic heterocycles. The van der Waals surface area contributed by atoms with E-state index in [-0.39, 0.29) is 23.7 Å². The fourth-order valence-corrected chi connectivity index (χ4v) is 3.95. The molecule has 2 aliphatic rings. The van der Waals surface area contributed by atoms with Crippen LogP contribution in [0.4, 0.5) is 0 Å². The molecular weight excluding hydrogens is 433 g/mol. The minimum atomic E-state index is -0.324. The Hall–Kier alpha value is -0.950. The molecule has 3 rings (SSSR count). The van der Waals surface area contributed by atoms with Gasteiger partial charge < -0.3 is 0 Å². The van der Waals surface area contributed by atoms with Crippen LogP contribution in [0.15, 0.2) is 47.0 Å². The van der Waals surface area contributed by atoms with Crippen LogP contribution in [0.3, 0.4) is 0 Å². The summed E-state index contributed by atoms with van der Waals surface area (Å²) in [6.07, 6.45) is 7.29. The van der Waals surface area contributed by atoms with E-state index in [0.717, 1.165) is 13.6 Å². The lowest BCUT2D eigenvalue weighted by Gasteiger charge is -2.15. The summed E-state index contributed by atoms with van der Waals surface area (Å²) in [4.78, 5) is 26.0. The van der Waals surface area contributed by atoms with E-state index in [4.69, 9.17) is 0 Å². The van der Waals surface area contributed by atoms with Crippen LogP contribution in [0.2, 0.25) is 0 Å². The molecule has 5 heteroatoms. The summed E-state index contributed by atoms with van der Waals surface area (Å²) in [7, 11) is 0. The molecular formula is C15H11BrINO2. The number of allylic oxidation sites excluding steroid dienone is 2. The van der Waals surface area contributed by atoms with Gasteiger partial charge in [-0.25, -0.2) is 0 Å². The van der Waals surface area contributed by atoms with E-state index in [2.05, 4.69) is 38.5 Å². The van der Waals surface area contributed by atoms with Crippen molar-refractivity contribution in [2.75, 3.05) is 0 Å². The number of amides is 2. The first-order valence-corrected chi connectivity index (χ1v) is 8.09. The van der Waals surface area contributed by atoms with Gasteiger partial charge in [-0.05, 0) is 40.3 Å². The number of fused-ring (bicyclic) bond motifs is 1. The zero-order valence-electron chi connectivity index (χ0n) is 10.4. The molecule has 1 aliphatic carbocycles. The highest BCUT2D eigenvalue weighted by Crippen LogP contribution is 2.33. The maximum absolute atomic E-state index is 12.3. The van der Waals surface area contributed by atoms with Gasteiger partial charge in [0.1, 0.15) is 0 Å². The minimum Gasteiger partial charge on any atom is -0.277 e. The molecule has 1 aromatic rings. The third kappa shape index (κ3) is 2.37. The van der Waals surface area contributed by atoms with Crippen molar-refractivity contribution in [1.29, 1.82) is 0 Å². The summed E-state index contributed by atoms with van der Waals surface area (Å²) in [5.74, 6) is -0.859. The third-order valence-electron chi connectivity index (χ3n) is 3.58. The number of benzene rings is 1. The predicted molar refractivity (Wildman–Crippen MR) is 87.7 cm³/mol. The number of halogens is 2. The lowest BCUT2D eigenvalue weighted by atomic mass is 9.91. The van der Waals surface area contributed by atoms with Gasteiger partial charge >= 0.3 is 0 Å². The Balaban J connectivity index is 1.88. The average Bonchev–Trinajstić information content (AvgIpc) is 2.67. The normalized spacial score (nSPS) is 24.4. The molecule has 0 spiro atoms. The SMILES string of the molecule is O=C1C2C=CC=CC2C(=O)N1Cc1ccc(I)cc1Br. The van der Waals surface area contributed by atoms with Crippen molar-refractivity contribution < 1.29 is 9.59 Å². The van der Waals surface area contributed by atoms with Crippen LogP contribution in [-0.2, 0) is 16.1 Å². The fraction of sp³-hybridized carbons (Fsp3) is 0.200. The van der Waals surface area contributed by atoms with Crippen LogP contribution >= 0.6 is 38.5 Å². The highest BCUT2D eigenvalue weighted by atomic mass is 127. The van der Waals surface area contributed by atoms with Crippen LogP contribution < -0.4 is 0 Å². The zero-order chi connectivity index (χ0) is 14.3. The first kappa shape index (κ1) is 14.0. The zero-order valence-corrected chi connectivity index (χ0v) is 14.2. The molecule has 1 aliphatic heterocycles. The van der Waals surface area contributed by atoms with Gasteiger partial charge in [0.15, 0.2) is 0 Å². The minimum absolute atomic E-state index is 0.106. The first-order valence-electron chi connectivity index (χ1n) is 6.22. The lowest BCUT2D eigenvalue weighted by molar-refractivity contribution is -0.140. The Morgan fingerprint density at radius 3 is 2.25 bits per heavy atom. The monoisotopic (exact) mass is 443 g/mol. The van der Waals surface area contributed by atoms with Gasteiger partial charge in [0.2, 0.25) is 11.8 Å². The Morgan fingerprint density at radius 1 is 1.10 bits per heavy atom. The van der Waals surface area contributed by atoms with Crippen molar-refractivity contribution >= 4 is 50.3 Å². The van der Waals surface area contributed by atoms with Gasteiger partial charge in [0.25, 0.3) is 0 Å². The molecule has 20 heavy (non-hydrogen) atoms. The van der Waals surface area contributed by atoms with Crippen molar-refractivity contribution in [2.45, 2.75) is 6.54 Å².